The van der Waals surface area contributed by atoms with Crippen molar-refractivity contribution in [2.45, 2.75) is 38.8 Å². The highest BCUT2D eigenvalue weighted by Gasteiger charge is 2.38. The molecule has 3 heterocycles. The van der Waals surface area contributed by atoms with Gasteiger partial charge in [0.25, 0.3) is 0 Å². The van der Waals surface area contributed by atoms with Crippen molar-refractivity contribution in [2.24, 2.45) is 0 Å². The Balaban J connectivity index is 1.98. The van der Waals surface area contributed by atoms with Gasteiger partial charge in [0.2, 0.25) is 0 Å². The predicted molar refractivity (Wildman–Crippen MR) is 76.3 cm³/mol. The lowest BCUT2D eigenvalue weighted by Gasteiger charge is -2.43. The van der Waals surface area contributed by atoms with Crippen molar-refractivity contribution in [1.29, 1.82) is 0 Å². The number of hydrogen-bond donors (Lipinski definition) is 0. The van der Waals surface area contributed by atoms with Crippen LogP contribution in [0, 0.1) is 0 Å². The molecule has 0 bridgehead atoms. The summed E-state index contributed by atoms with van der Waals surface area (Å²) in [7, 11) is 0. The monoisotopic (exact) mass is 286 g/mol. The van der Waals surface area contributed by atoms with E-state index in [1.165, 1.54) is 5.56 Å². The molecule has 2 aliphatic rings. The van der Waals surface area contributed by atoms with E-state index in [4.69, 9.17) is 4.74 Å². The zero-order valence-corrected chi connectivity index (χ0v) is 12.2. The Morgan fingerprint density at radius 1 is 1.48 bits per heavy atom. The van der Waals surface area contributed by atoms with Crippen molar-refractivity contribution in [1.82, 2.24) is 9.88 Å². The first-order chi connectivity index (χ1) is 10.1. The normalized spacial score (nSPS) is 24.0. The maximum atomic E-state index is 12.3. The second-order valence-corrected chi connectivity index (χ2v) is 5.48. The molecular formula is C16H18N2O3. The number of hydrogen-bond acceptors (Lipinski definition) is 5. The fourth-order valence-corrected chi connectivity index (χ4v) is 3.13. The molecule has 0 aliphatic carbocycles. The number of carbonyl (C=O) groups excluding carboxylic acids is 2. The second kappa shape index (κ2) is 5.31. The predicted octanol–water partition coefficient (Wildman–Crippen LogP) is 1.79. The molecule has 0 saturated heterocycles. The molecule has 21 heavy (non-hydrogen) atoms. The molecule has 2 unspecified atom stereocenters. The molecule has 1 aromatic rings. The van der Waals surface area contributed by atoms with Crippen LogP contribution in [-0.4, -0.2) is 34.3 Å². The van der Waals surface area contributed by atoms with E-state index in [1.807, 2.05) is 12.3 Å². The number of ether oxygens (including phenoxy) is 1. The van der Waals surface area contributed by atoms with Gasteiger partial charge in [-0.15, -0.1) is 0 Å². The van der Waals surface area contributed by atoms with Gasteiger partial charge in [0.05, 0.1) is 12.6 Å². The van der Waals surface area contributed by atoms with Gasteiger partial charge in [-0.25, -0.2) is 4.79 Å². The summed E-state index contributed by atoms with van der Waals surface area (Å²) in [6.07, 6.45) is 6.47. The molecule has 0 amide bonds. The van der Waals surface area contributed by atoms with E-state index in [0.29, 0.717) is 6.42 Å². The molecule has 0 aromatic carbocycles. The van der Waals surface area contributed by atoms with Gasteiger partial charge in [0.1, 0.15) is 5.57 Å². The average molecular weight is 286 g/mol. The highest BCUT2D eigenvalue weighted by molar-refractivity contribution is 6.17. The quantitative estimate of drug-likeness (QED) is 0.613. The molecule has 0 fully saturated rings. The Bertz CT molecular complexity index is 624. The third kappa shape index (κ3) is 2.33. The molecule has 5 nitrogen and oxygen atoms in total. The summed E-state index contributed by atoms with van der Waals surface area (Å²) in [6, 6.07) is 2.23. The van der Waals surface area contributed by atoms with Crippen LogP contribution in [0.5, 0.6) is 0 Å². The summed E-state index contributed by atoms with van der Waals surface area (Å²) >= 11 is 0. The molecule has 0 saturated carbocycles. The third-order valence-electron chi connectivity index (χ3n) is 4.14. The van der Waals surface area contributed by atoms with Crippen LogP contribution < -0.4 is 0 Å². The van der Waals surface area contributed by atoms with Crippen molar-refractivity contribution >= 4 is 11.8 Å². The maximum absolute atomic E-state index is 12.3. The first-order valence-electron chi connectivity index (χ1n) is 7.24. The minimum atomic E-state index is -0.523. The molecule has 1 aromatic heterocycles. The summed E-state index contributed by atoms with van der Waals surface area (Å²) < 4.78 is 4.97. The fourth-order valence-electron chi connectivity index (χ4n) is 3.13. The molecule has 0 spiro atoms. The summed E-state index contributed by atoms with van der Waals surface area (Å²) in [5.41, 5.74) is 2.48. The zero-order valence-electron chi connectivity index (χ0n) is 12.2. The molecule has 0 radical (unpaired) electrons. The van der Waals surface area contributed by atoms with E-state index >= 15 is 0 Å². The Kier molecular flexibility index (Phi) is 3.49. The van der Waals surface area contributed by atoms with Crippen molar-refractivity contribution in [2.75, 3.05) is 6.61 Å². The molecule has 2 atom stereocenters. The van der Waals surface area contributed by atoms with Gasteiger partial charge >= 0.3 is 5.97 Å². The van der Waals surface area contributed by atoms with Crippen LogP contribution in [0.25, 0.3) is 0 Å². The van der Waals surface area contributed by atoms with E-state index in [9.17, 15) is 9.59 Å². The van der Waals surface area contributed by atoms with E-state index in [2.05, 4.69) is 16.8 Å². The number of carbonyl (C=O) groups is 2. The molecule has 110 valence electrons. The summed E-state index contributed by atoms with van der Waals surface area (Å²) in [5.74, 6) is -0.677. The van der Waals surface area contributed by atoms with Gasteiger partial charge in [-0.05, 0) is 37.5 Å². The fraction of sp³-hybridized carbons (Fsp3) is 0.438. The van der Waals surface area contributed by atoms with Gasteiger partial charge in [-0.1, -0.05) is 0 Å². The summed E-state index contributed by atoms with van der Waals surface area (Å²) in [5, 5.41) is 0. The topological polar surface area (TPSA) is 59.5 Å². The highest BCUT2D eigenvalue weighted by Crippen LogP contribution is 2.38. The van der Waals surface area contributed by atoms with E-state index in [1.54, 1.807) is 19.3 Å². The summed E-state index contributed by atoms with van der Waals surface area (Å²) in [4.78, 5) is 30.4. The zero-order chi connectivity index (χ0) is 15.0. The number of esters is 1. The van der Waals surface area contributed by atoms with Crippen molar-refractivity contribution < 1.29 is 14.3 Å². The van der Waals surface area contributed by atoms with Gasteiger partial charge < -0.3 is 9.64 Å². The minimum absolute atomic E-state index is 0.0249. The van der Waals surface area contributed by atoms with Crippen LogP contribution in [0.4, 0.5) is 0 Å². The molecular weight excluding hydrogens is 268 g/mol. The number of Topliss-reactive ketones (excluding diaryl/α,β-unsaturated/α-hetero) is 1. The summed E-state index contributed by atoms with van der Waals surface area (Å²) in [6.45, 7) is 4.11. The van der Waals surface area contributed by atoms with E-state index in [-0.39, 0.29) is 30.0 Å². The van der Waals surface area contributed by atoms with E-state index < -0.39 is 5.97 Å². The number of ketones is 1. The molecule has 2 aliphatic heterocycles. The van der Waals surface area contributed by atoms with Crippen LogP contribution in [0.15, 0.2) is 30.2 Å². The average Bonchev–Trinajstić information content (AvgIpc) is 2.47. The van der Waals surface area contributed by atoms with Crippen molar-refractivity contribution in [3.05, 3.63) is 41.4 Å². The number of nitrogens with zero attached hydrogens (tertiary/aromatic N) is 2. The molecule has 3 rings (SSSR count). The number of aromatic nitrogens is 1. The smallest absolute Gasteiger partial charge is 0.343 e. The Labute approximate surface area is 123 Å². The van der Waals surface area contributed by atoms with Gasteiger partial charge in [0, 0.05) is 31.1 Å². The number of rotatable bonds is 2. The lowest BCUT2D eigenvalue weighted by atomic mass is 9.84. The third-order valence-corrected chi connectivity index (χ3v) is 4.14. The molecule has 5 heteroatoms. The van der Waals surface area contributed by atoms with Crippen LogP contribution in [0.1, 0.15) is 37.4 Å². The van der Waals surface area contributed by atoms with Gasteiger partial charge in [-0.3, -0.25) is 9.78 Å². The second-order valence-electron chi connectivity index (χ2n) is 5.48. The Hall–Kier alpha value is -2.17. The standard InChI is InChI=1S/C16H18N2O3/c1-3-21-16(20)13-9-18-10(2)6-11-4-5-17-8-12(11)14(18)7-15(13)19/h4-5,8-10,14H,3,6-7H2,1-2H3. The number of pyridine rings is 1. The number of fused-ring (bicyclic) bond motifs is 3. The first-order valence-corrected chi connectivity index (χ1v) is 7.24. The van der Waals surface area contributed by atoms with Crippen LogP contribution in [-0.2, 0) is 20.7 Å². The van der Waals surface area contributed by atoms with Crippen LogP contribution in [0.3, 0.4) is 0 Å². The van der Waals surface area contributed by atoms with Crippen molar-refractivity contribution in [3.8, 4) is 0 Å². The Morgan fingerprint density at radius 3 is 3.05 bits per heavy atom. The highest BCUT2D eigenvalue weighted by atomic mass is 16.5. The van der Waals surface area contributed by atoms with Gasteiger partial charge in [0.15, 0.2) is 5.78 Å². The lowest BCUT2D eigenvalue weighted by molar-refractivity contribution is -0.140. The lowest BCUT2D eigenvalue weighted by Crippen LogP contribution is -2.43. The van der Waals surface area contributed by atoms with Crippen LogP contribution in [0.2, 0.25) is 0 Å². The SMILES string of the molecule is CCOC(=O)C1=CN2C(C)Cc3ccncc3C2CC1=O. The van der Waals surface area contributed by atoms with Crippen molar-refractivity contribution in [3.63, 3.8) is 0 Å². The molecule has 0 N–H and O–H groups in total. The minimum Gasteiger partial charge on any atom is -0.462 e. The van der Waals surface area contributed by atoms with E-state index in [0.717, 1.165) is 12.0 Å². The van der Waals surface area contributed by atoms with Gasteiger partial charge in [-0.2, -0.15) is 0 Å². The van der Waals surface area contributed by atoms with Crippen LogP contribution >= 0.6 is 0 Å². The Morgan fingerprint density at radius 2 is 2.29 bits per heavy atom. The largest absolute Gasteiger partial charge is 0.462 e. The maximum Gasteiger partial charge on any atom is 0.343 e. The first kappa shape index (κ1) is 13.8.